The quantitative estimate of drug-likeness (QED) is 0.768. The van der Waals surface area contributed by atoms with Crippen LogP contribution in [0, 0.1) is 5.92 Å². The Morgan fingerprint density at radius 1 is 1.46 bits per heavy atom. The lowest BCUT2D eigenvalue weighted by molar-refractivity contribution is 0.425. The number of nitrogens with zero attached hydrogens (tertiary/aromatic N) is 2. The summed E-state index contributed by atoms with van der Waals surface area (Å²) in [5.41, 5.74) is 6.91. The lowest BCUT2D eigenvalue weighted by Gasteiger charge is -2.17. The molecule has 0 saturated heterocycles. The first-order valence-electron chi connectivity index (χ1n) is 4.77. The molecule has 1 heterocycles. The summed E-state index contributed by atoms with van der Waals surface area (Å²) in [6.45, 7) is 4.32. The Bertz CT molecular complexity index is 235. The van der Waals surface area contributed by atoms with Gasteiger partial charge in [0.25, 0.3) is 0 Å². The van der Waals surface area contributed by atoms with E-state index < -0.39 is 0 Å². The average Bonchev–Trinajstić information content (AvgIpc) is 2.18. The van der Waals surface area contributed by atoms with Gasteiger partial charge in [-0.05, 0) is 12.3 Å². The van der Waals surface area contributed by atoms with Crippen LogP contribution in [-0.4, -0.2) is 9.97 Å². The second-order valence-electron chi connectivity index (χ2n) is 3.42. The van der Waals surface area contributed by atoms with E-state index in [1.54, 1.807) is 18.6 Å². The monoisotopic (exact) mass is 179 g/mol. The summed E-state index contributed by atoms with van der Waals surface area (Å²) in [5.74, 6) is 0.474. The van der Waals surface area contributed by atoms with Crippen molar-refractivity contribution in [1.29, 1.82) is 0 Å². The molecule has 72 valence electrons. The Balaban J connectivity index is 2.62. The van der Waals surface area contributed by atoms with Gasteiger partial charge in [-0.25, -0.2) is 0 Å². The topological polar surface area (TPSA) is 51.8 Å². The summed E-state index contributed by atoms with van der Waals surface area (Å²) in [4.78, 5) is 8.20. The van der Waals surface area contributed by atoms with Crippen LogP contribution in [0.25, 0.3) is 0 Å². The predicted octanol–water partition coefficient (Wildman–Crippen LogP) is 1.91. The third-order valence-electron chi connectivity index (χ3n) is 2.28. The summed E-state index contributed by atoms with van der Waals surface area (Å²) < 4.78 is 0. The van der Waals surface area contributed by atoms with Crippen LogP contribution in [-0.2, 0) is 0 Å². The highest BCUT2D eigenvalue weighted by Crippen LogP contribution is 2.20. The van der Waals surface area contributed by atoms with E-state index in [1.807, 2.05) is 0 Å². The zero-order valence-corrected chi connectivity index (χ0v) is 8.27. The van der Waals surface area contributed by atoms with Crippen LogP contribution in [0.5, 0.6) is 0 Å². The Morgan fingerprint density at radius 2 is 2.23 bits per heavy atom. The van der Waals surface area contributed by atoms with Gasteiger partial charge >= 0.3 is 0 Å². The number of aromatic nitrogens is 2. The van der Waals surface area contributed by atoms with E-state index in [2.05, 4.69) is 23.8 Å². The molecule has 2 N–H and O–H groups in total. The smallest absolute Gasteiger partial charge is 0.0756 e. The summed E-state index contributed by atoms with van der Waals surface area (Å²) in [6.07, 6.45) is 7.40. The van der Waals surface area contributed by atoms with Crippen molar-refractivity contribution in [3.63, 3.8) is 0 Å². The Labute approximate surface area is 79.4 Å². The van der Waals surface area contributed by atoms with E-state index in [1.165, 1.54) is 0 Å². The number of hydrogen-bond donors (Lipinski definition) is 1. The van der Waals surface area contributed by atoms with Gasteiger partial charge in [-0.2, -0.15) is 0 Å². The molecule has 0 saturated carbocycles. The van der Waals surface area contributed by atoms with Crippen molar-refractivity contribution < 1.29 is 0 Å². The van der Waals surface area contributed by atoms with E-state index in [4.69, 9.17) is 5.73 Å². The van der Waals surface area contributed by atoms with Crippen molar-refractivity contribution in [2.24, 2.45) is 11.7 Å². The average molecular weight is 179 g/mol. The van der Waals surface area contributed by atoms with Crippen LogP contribution < -0.4 is 5.73 Å². The minimum Gasteiger partial charge on any atom is -0.322 e. The molecule has 0 fully saturated rings. The molecule has 1 rings (SSSR count). The third kappa shape index (κ3) is 2.77. The van der Waals surface area contributed by atoms with E-state index in [0.717, 1.165) is 18.5 Å². The molecule has 0 aliphatic heterocycles. The van der Waals surface area contributed by atoms with Crippen LogP contribution in [0.1, 0.15) is 38.4 Å². The van der Waals surface area contributed by atoms with Gasteiger partial charge < -0.3 is 5.73 Å². The molecule has 3 nitrogen and oxygen atoms in total. The lowest BCUT2D eigenvalue weighted by atomic mass is 9.95. The van der Waals surface area contributed by atoms with Crippen LogP contribution in [0.15, 0.2) is 18.6 Å². The van der Waals surface area contributed by atoms with Gasteiger partial charge in [0.2, 0.25) is 0 Å². The number of nitrogens with two attached hydrogens (primary N) is 1. The Morgan fingerprint density at radius 3 is 2.77 bits per heavy atom. The van der Waals surface area contributed by atoms with Crippen LogP contribution >= 0.6 is 0 Å². The molecule has 1 aromatic heterocycles. The van der Waals surface area contributed by atoms with Gasteiger partial charge in [0, 0.05) is 18.6 Å². The number of hydrogen-bond acceptors (Lipinski definition) is 3. The zero-order valence-electron chi connectivity index (χ0n) is 8.27. The van der Waals surface area contributed by atoms with Gasteiger partial charge in [-0.3, -0.25) is 9.97 Å². The summed E-state index contributed by atoms with van der Waals surface area (Å²) in [7, 11) is 0. The molecular formula is C10H17N3. The Hall–Kier alpha value is -0.960. The normalized spacial score (nSPS) is 15.3. The largest absolute Gasteiger partial charge is 0.322 e. The van der Waals surface area contributed by atoms with E-state index in [9.17, 15) is 0 Å². The maximum atomic E-state index is 6.02. The number of rotatable bonds is 4. The van der Waals surface area contributed by atoms with Crippen LogP contribution in [0.3, 0.4) is 0 Å². The maximum absolute atomic E-state index is 6.02. The molecule has 0 radical (unpaired) electrons. The van der Waals surface area contributed by atoms with Crippen molar-refractivity contribution in [2.75, 3.05) is 0 Å². The second-order valence-corrected chi connectivity index (χ2v) is 3.42. The van der Waals surface area contributed by atoms with Crippen molar-refractivity contribution in [1.82, 2.24) is 9.97 Å². The van der Waals surface area contributed by atoms with Gasteiger partial charge in [0.15, 0.2) is 0 Å². The van der Waals surface area contributed by atoms with Crippen molar-refractivity contribution in [3.8, 4) is 0 Å². The first-order valence-corrected chi connectivity index (χ1v) is 4.77. The van der Waals surface area contributed by atoms with Gasteiger partial charge in [0.05, 0.1) is 11.7 Å². The fourth-order valence-corrected chi connectivity index (χ4v) is 1.41. The first-order chi connectivity index (χ1) is 6.25. The summed E-state index contributed by atoms with van der Waals surface area (Å²) >= 11 is 0. The molecule has 0 spiro atoms. The molecular weight excluding hydrogens is 162 g/mol. The van der Waals surface area contributed by atoms with E-state index in [-0.39, 0.29) is 6.04 Å². The lowest BCUT2D eigenvalue weighted by Crippen LogP contribution is -2.20. The van der Waals surface area contributed by atoms with E-state index in [0.29, 0.717) is 5.92 Å². The fraction of sp³-hybridized carbons (Fsp3) is 0.600. The van der Waals surface area contributed by atoms with Crippen LogP contribution in [0.2, 0.25) is 0 Å². The van der Waals surface area contributed by atoms with Crippen LogP contribution in [0.4, 0.5) is 0 Å². The highest BCUT2D eigenvalue weighted by molar-refractivity contribution is 5.02. The second kappa shape index (κ2) is 4.92. The fourth-order valence-electron chi connectivity index (χ4n) is 1.41. The SMILES string of the molecule is CCCC(C)C(N)c1cnccn1. The van der Waals surface area contributed by atoms with E-state index >= 15 is 0 Å². The molecule has 0 bridgehead atoms. The summed E-state index contributed by atoms with van der Waals surface area (Å²) in [5, 5.41) is 0. The molecule has 2 atom stereocenters. The Kier molecular flexibility index (Phi) is 3.83. The molecule has 0 aromatic carbocycles. The standard InChI is InChI=1S/C10H17N3/c1-3-4-8(2)10(11)9-7-12-5-6-13-9/h5-8,10H,3-4,11H2,1-2H3. The molecule has 13 heavy (non-hydrogen) atoms. The minimum atomic E-state index is 0.0219. The summed E-state index contributed by atoms with van der Waals surface area (Å²) in [6, 6.07) is 0.0219. The molecule has 3 heteroatoms. The van der Waals surface area contributed by atoms with Crippen molar-refractivity contribution >= 4 is 0 Å². The molecule has 0 aliphatic rings. The highest BCUT2D eigenvalue weighted by Gasteiger charge is 2.14. The van der Waals surface area contributed by atoms with Crippen molar-refractivity contribution in [2.45, 2.75) is 32.7 Å². The minimum absolute atomic E-state index is 0.0219. The zero-order chi connectivity index (χ0) is 9.68. The molecule has 0 aliphatic carbocycles. The van der Waals surface area contributed by atoms with Gasteiger partial charge in [0.1, 0.15) is 0 Å². The van der Waals surface area contributed by atoms with Gasteiger partial charge in [-0.15, -0.1) is 0 Å². The van der Waals surface area contributed by atoms with Crippen molar-refractivity contribution in [3.05, 3.63) is 24.3 Å². The molecule has 1 aromatic rings. The first kappa shape index (κ1) is 10.1. The predicted molar refractivity (Wildman–Crippen MR) is 53.0 cm³/mol. The highest BCUT2D eigenvalue weighted by atomic mass is 14.8. The maximum Gasteiger partial charge on any atom is 0.0756 e. The molecule has 2 unspecified atom stereocenters. The molecule has 0 amide bonds. The third-order valence-corrected chi connectivity index (χ3v) is 2.28. The van der Waals surface area contributed by atoms with Gasteiger partial charge in [-0.1, -0.05) is 20.3 Å².